The monoisotopic (exact) mass is 346 g/mol. The van der Waals surface area contributed by atoms with Gasteiger partial charge in [0.05, 0.1) is 12.0 Å². The molecule has 7 nitrogen and oxygen atoms in total. The smallest absolute Gasteiger partial charge is 0.326 e. The van der Waals surface area contributed by atoms with Crippen molar-refractivity contribution in [2.45, 2.75) is 57.7 Å². The zero-order valence-corrected chi connectivity index (χ0v) is 14.7. The average Bonchev–Trinajstić information content (AvgIpc) is 3.19. The molecule has 1 spiro atoms. The van der Waals surface area contributed by atoms with Crippen molar-refractivity contribution in [3.8, 4) is 0 Å². The van der Waals surface area contributed by atoms with Crippen molar-refractivity contribution in [2.24, 2.45) is 5.41 Å². The van der Waals surface area contributed by atoms with Crippen LogP contribution in [0.2, 0.25) is 0 Å². The number of carboxylic acid groups (broad SMARTS) is 1. The normalized spacial score (nSPS) is 26.3. The van der Waals surface area contributed by atoms with Crippen LogP contribution < -0.4 is 0 Å². The average molecular weight is 346 g/mol. The minimum Gasteiger partial charge on any atom is -0.480 e. The Kier molecular flexibility index (Phi) is 4.06. The number of rotatable bonds is 4. The first kappa shape index (κ1) is 16.6. The highest BCUT2D eigenvalue weighted by molar-refractivity contribution is 5.83. The zero-order valence-electron chi connectivity index (χ0n) is 14.7. The van der Waals surface area contributed by atoms with Gasteiger partial charge in [-0.05, 0) is 50.6 Å². The van der Waals surface area contributed by atoms with Gasteiger partial charge in [0.15, 0.2) is 0 Å². The van der Waals surface area contributed by atoms with Crippen molar-refractivity contribution in [1.82, 2.24) is 19.4 Å². The molecule has 1 aromatic rings. The topological polar surface area (TPSA) is 78.7 Å². The Morgan fingerprint density at radius 2 is 2.04 bits per heavy atom. The standard InChI is InChI=1S/C18H26N4O3/c1-13(23)21-11-18(8-16(21)17(24)25)4-6-20(7-5-18)10-15-9-19-12-22(15)14-2-3-14/h9,12,14,16H,2-8,10-11H2,1H3,(H,24,25)/t16-/m0/s1. The third-order valence-electron chi connectivity index (χ3n) is 6.19. The van der Waals surface area contributed by atoms with Gasteiger partial charge in [-0.1, -0.05) is 0 Å². The predicted octanol–water partition coefficient (Wildman–Crippen LogP) is 1.51. The van der Waals surface area contributed by atoms with Crippen LogP contribution in [0.4, 0.5) is 0 Å². The molecule has 1 saturated carbocycles. The predicted molar refractivity (Wildman–Crippen MR) is 90.9 cm³/mol. The second-order valence-corrected chi connectivity index (χ2v) is 8.00. The fourth-order valence-electron chi connectivity index (χ4n) is 4.52. The first-order chi connectivity index (χ1) is 12.0. The zero-order chi connectivity index (χ0) is 17.6. The summed E-state index contributed by atoms with van der Waals surface area (Å²) < 4.78 is 2.30. The summed E-state index contributed by atoms with van der Waals surface area (Å²) >= 11 is 0. The van der Waals surface area contributed by atoms with Crippen LogP contribution in [0.5, 0.6) is 0 Å². The summed E-state index contributed by atoms with van der Waals surface area (Å²) in [6.45, 7) is 4.88. The summed E-state index contributed by atoms with van der Waals surface area (Å²) in [7, 11) is 0. The second-order valence-electron chi connectivity index (χ2n) is 8.00. The van der Waals surface area contributed by atoms with E-state index < -0.39 is 12.0 Å². The van der Waals surface area contributed by atoms with E-state index in [-0.39, 0.29) is 11.3 Å². The first-order valence-electron chi connectivity index (χ1n) is 9.20. The van der Waals surface area contributed by atoms with E-state index in [0.717, 1.165) is 32.5 Å². The summed E-state index contributed by atoms with van der Waals surface area (Å²) in [5, 5.41) is 9.44. The highest BCUT2D eigenvalue weighted by Gasteiger charge is 2.49. The number of nitrogens with zero attached hydrogens (tertiary/aromatic N) is 4. The lowest BCUT2D eigenvalue weighted by molar-refractivity contribution is -0.147. The van der Waals surface area contributed by atoms with Crippen LogP contribution in [0.1, 0.15) is 50.8 Å². The fraction of sp³-hybridized carbons (Fsp3) is 0.722. The van der Waals surface area contributed by atoms with Gasteiger partial charge >= 0.3 is 5.97 Å². The number of likely N-dealkylation sites (tertiary alicyclic amines) is 2. The van der Waals surface area contributed by atoms with Crippen molar-refractivity contribution < 1.29 is 14.7 Å². The van der Waals surface area contributed by atoms with E-state index in [0.29, 0.717) is 19.0 Å². The summed E-state index contributed by atoms with van der Waals surface area (Å²) in [6.07, 6.45) is 8.92. The first-order valence-corrected chi connectivity index (χ1v) is 9.20. The van der Waals surface area contributed by atoms with Gasteiger partial charge in [0.2, 0.25) is 5.91 Å². The van der Waals surface area contributed by atoms with E-state index in [1.807, 2.05) is 12.5 Å². The van der Waals surface area contributed by atoms with Gasteiger partial charge in [0.1, 0.15) is 6.04 Å². The lowest BCUT2D eigenvalue weighted by Gasteiger charge is -2.39. The van der Waals surface area contributed by atoms with E-state index in [4.69, 9.17) is 0 Å². The maximum absolute atomic E-state index is 11.8. The Balaban J connectivity index is 1.38. The molecule has 3 aliphatic rings. The van der Waals surface area contributed by atoms with Crippen LogP contribution in [-0.4, -0.2) is 62.0 Å². The number of aliphatic carboxylic acids is 1. The summed E-state index contributed by atoms with van der Waals surface area (Å²) in [5.41, 5.74) is 1.25. The van der Waals surface area contributed by atoms with Crippen LogP contribution in [0.15, 0.2) is 12.5 Å². The van der Waals surface area contributed by atoms with Crippen molar-refractivity contribution in [3.05, 3.63) is 18.2 Å². The van der Waals surface area contributed by atoms with E-state index in [9.17, 15) is 14.7 Å². The number of imidazole rings is 1. The molecule has 1 N–H and O–H groups in total. The summed E-state index contributed by atoms with van der Waals surface area (Å²) in [4.78, 5) is 31.6. The number of carboxylic acids is 1. The summed E-state index contributed by atoms with van der Waals surface area (Å²) in [6, 6.07) is -0.00994. The van der Waals surface area contributed by atoms with Gasteiger partial charge in [0, 0.05) is 32.3 Å². The molecule has 1 aromatic heterocycles. The van der Waals surface area contributed by atoms with Crippen LogP contribution >= 0.6 is 0 Å². The molecule has 1 aliphatic carbocycles. The number of hydrogen-bond donors (Lipinski definition) is 1. The van der Waals surface area contributed by atoms with Crippen molar-refractivity contribution in [3.63, 3.8) is 0 Å². The molecule has 25 heavy (non-hydrogen) atoms. The molecular weight excluding hydrogens is 320 g/mol. The highest BCUT2D eigenvalue weighted by Crippen LogP contribution is 2.44. The molecule has 1 atom stereocenters. The largest absolute Gasteiger partial charge is 0.480 e. The molecule has 1 amide bonds. The minimum absolute atomic E-state index is 0.0258. The second kappa shape index (κ2) is 6.12. The molecule has 0 bridgehead atoms. The van der Waals surface area contributed by atoms with Crippen molar-refractivity contribution in [2.75, 3.05) is 19.6 Å². The Morgan fingerprint density at radius 3 is 2.60 bits per heavy atom. The number of amides is 1. The summed E-state index contributed by atoms with van der Waals surface area (Å²) in [5.74, 6) is -0.997. The van der Waals surface area contributed by atoms with E-state index in [1.54, 1.807) is 4.90 Å². The molecule has 7 heteroatoms. The molecule has 0 unspecified atom stereocenters. The Hall–Kier alpha value is -1.89. The number of carbonyl (C=O) groups excluding carboxylic acids is 1. The fourth-order valence-corrected chi connectivity index (χ4v) is 4.52. The van der Waals surface area contributed by atoms with Gasteiger partial charge < -0.3 is 14.6 Å². The maximum atomic E-state index is 11.8. The van der Waals surface area contributed by atoms with Crippen LogP contribution in [0.3, 0.4) is 0 Å². The lowest BCUT2D eigenvalue weighted by Crippen LogP contribution is -2.42. The van der Waals surface area contributed by atoms with Gasteiger partial charge in [-0.2, -0.15) is 0 Å². The molecule has 0 radical (unpaired) electrons. The lowest BCUT2D eigenvalue weighted by atomic mass is 9.76. The number of piperidine rings is 1. The van der Waals surface area contributed by atoms with Crippen LogP contribution in [0, 0.1) is 5.41 Å². The molecule has 2 aliphatic heterocycles. The third-order valence-corrected chi connectivity index (χ3v) is 6.19. The Bertz CT molecular complexity index is 650. The van der Waals surface area contributed by atoms with E-state index in [1.165, 1.54) is 25.5 Å². The highest BCUT2D eigenvalue weighted by atomic mass is 16.4. The number of aromatic nitrogens is 2. The molecule has 3 fully saturated rings. The molecule has 0 aromatic carbocycles. The van der Waals surface area contributed by atoms with Gasteiger partial charge in [-0.25, -0.2) is 9.78 Å². The quantitative estimate of drug-likeness (QED) is 0.894. The maximum Gasteiger partial charge on any atom is 0.326 e. The van der Waals surface area contributed by atoms with Gasteiger partial charge in [-0.3, -0.25) is 9.69 Å². The molecule has 4 rings (SSSR count). The Morgan fingerprint density at radius 1 is 1.32 bits per heavy atom. The molecule has 2 saturated heterocycles. The molecule has 136 valence electrons. The number of carbonyl (C=O) groups is 2. The van der Waals surface area contributed by atoms with Gasteiger partial charge in [0.25, 0.3) is 0 Å². The Labute approximate surface area is 147 Å². The van der Waals surface area contributed by atoms with Crippen molar-refractivity contribution in [1.29, 1.82) is 0 Å². The van der Waals surface area contributed by atoms with Crippen LogP contribution in [-0.2, 0) is 16.1 Å². The molecule has 3 heterocycles. The number of hydrogen-bond acceptors (Lipinski definition) is 4. The van der Waals surface area contributed by atoms with E-state index in [2.05, 4.69) is 14.5 Å². The van der Waals surface area contributed by atoms with Crippen LogP contribution in [0.25, 0.3) is 0 Å². The minimum atomic E-state index is -0.872. The third kappa shape index (κ3) is 3.17. The van der Waals surface area contributed by atoms with Gasteiger partial charge in [-0.15, -0.1) is 0 Å². The van der Waals surface area contributed by atoms with Crippen molar-refractivity contribution >= 4 is 11.9 Å². The molecular formula is C18H26N4O3. The van der Waals surface area contributed by atoms with E-state index >= 15 is 0 Å². The SMILES string of the molecule is CC(=O)N1CC2(CCN(Cc3cncn3C3CC3)CC2)C[C@H]1C(=O)O.